The van der Waals surface area contributed by atoms with Gasteiger partial charge in [-0.25, -0.2) is 0 Å². The van der Waals surface area contributed by atoms with E-state index in [1.165, 1.54) is 19.1 Å². The van der Waals surface area contributed by atoms with Crippen molar-refractivity contribution in [2.24, 2.45) is 0 Å². The summed E-state index contributed by atoms with van der Waals surface area (Å²) in [6, 6.07) is 11.6. The van der Waals surface area contributed by atoms with Gasteiger partial charge < -0.3 is 9.15 Å². The van der Waals surface area contributed by atoms with Gasteiger partial charge in [0.05, 0.1) is 10.9 Å². The number of esters is 1. The minimum absolute atomic E-state index is 0.162. The third-order valence-electron chi connectivity index (χ3n) is 3.72. The van der Waals surface area contributed by atoms with E-state index in [0.29, 0.717) is 27.3 Å². The van der Waals surface area contributed by atoms with E-state index in [-0.39, 0.29) is 11.2 Å². The zero-order chi connectivity index (χ0) is 18.1. The topological polar surface area (TPSA) is 56.5 Å². The van der Waals surface area contributed by atoms with E-state index in [1.807, 2.05) is 0 Å². The van der Waals surface area contributed by atoms with Crippen molar-refractivity contribution in [3.8, 4) is 16.9 Å². The monoisotopic (exact) mass is 376 g/mol. The fourth-order valence-electron chi connectivity index (χ4n) is 2.50. The van der Waals surface area contributed by atoms with Crippen LogP contribution in [0.4, 0.5) is 0 Å². The Bertz CT molecular complexity index is 1000. The first-order valence-corrected chi connectivity index (χ1v) is 8.37. The molecule has 3 aromatic rings. The molecule has 3 rings (SSSR count). The molecule has 0 aliphatic rings. The van der Waals surface area contributed by atoms with Gasteiger partial charge in [-0.1, -0.05) is 23.7 Å². The van der Waals surface area contributed by atoms with E-state index < -0.39 is 11.3 Å². The number of carbonyl (C=O) groups is 1. The summed E-state index contributed by atoms with van der Waals surface area (Å²) in [6.45, 7) is 3.23. The number of carbonyl (C=O) groups excluding carboxylic acids is 1. The van der Waals surface area contributed by atoms with E-state index in [0.717, 1.165) is 5.56 Å². The molecule has 4 nitrogen and oxygen atoms in total. The largest absolute Gasteiger partial charge is 0.460 e. The summed E-state index contributed by atoms with van der Waals surface area (Å²) in [5.74, 6) is 0.165. The van der Waals surface area contributed by atoms with Crippen LogP contribution in [0.3, 0.4) is 0 Å². The lowest BCUT2D eigenvalue weighted by Crippen LogP contribution is -2.17. The van der Waals surface area contributed by atoms with Crippen LogP contribution >= 0.6 is 23.2 Å². The molecule has 0 amide bonds. The van der Waals surface area contributed by atoms with Crippen molar-refractivity contribution in [3.05, 3.63) is 63.5 Å². The Labute approximate surface area is 153 Å². The van der Waals surface area contributed by atoms with Crippen LogP contribution in [0.2, 0.25) is 5.02 Å². The summed E-state index contributed by atoms with van der Waals surface area (Å²) < 4.78 is 10.9. The number of alkyl halides is 1. The maximum absolute atomic E-state index is 12.9. The molecular weight excluding hydrogens is 363 g/mol. The maximum Gasteiger partial charge on any atom is 0.329 e. The second-order valence-electron chi connectivity index (χ2n) is 5.56. The van der Waals surface area contributed by atoms with Crippen LogP contribution in [-0.4, -0.2) is 11.3 Å². The molecule has 0 aliphatic heterocycles. The minimum Gasteiger partial charge on any atom is -0.460 e. The molecule has 1 atom stereocenters. The Balaban J connectivity index is 2.10. The van der Waals surface area contributed by atoms with Gasteiger partial charge in [0.15, 0.2) is 0 Å². The van der Waals surface area contributed by atoms with Crippen LogP contribution in [0.25, 0.3) is 22.1 Å². The molecular formula is C19H14Cl2O4. The van der Waals surface area contributed by atoms with Crippen molar-refractivity contribution in [3.63, 3.8) is 0 Å². The van der Waals surface area contributed by atoms with Crippen molar-refractivity contribution in [1.82, 2.24) is 0 Å². The van der Waals surface area contributed by atoms with E-state index in [2.05, 4.69) is 0 Å². The normalized spacial score (nSPS) is 12.2. The second-order valence-corrected chi connectivity index (χ2v) is 6.66. The van der Waals surface area contributed by atoms with Gasteiger partial charge in [0, 0.05) is 11.1 Å². The predicted molar refractivity (Wildman–Crippen MR) is 98.6 cm³/mol. The van der Waals surface area contributed by atoms with Crippen LogP contribution in [-0.2, 0) is 4.79 Å². The molecule has 0 radical (unpaired) electrons. The van der Waals surface area contributed by atoms with Gasteiger partial charge >= 0.3 is 5.97 Å². The predicted octanol–water partition coefficient (Wildman–Crippen LogP) is 4.95. The number of aryl methyl sites for hydroxylation is 1. The summed E-state index contributed by atoms with van der Waals surface area (Å²) in [5, 5.41) is 0.220. The molecule has 1 heterocycles. The zero-order valence-electron chi connectivity index (χ0n) is 13.5. The van der Waals surface area contributed by atoms with Crippen molar-refractivity contribution < 1.29 is 13.9 Å². The number of benzene rings is 2. The highest BCUT2D eigenvalue weighted by atomic mass is 35.5. The molecule has 6 heteroatoms. The summed E-state index contributed by atoms with van der Waals surface area (Å²) in [5.41, 5.74) is 1.38. The molecule has 0 saturated carbocycles. The molecule has 25 heavy (non-hydrogen) atoms. The Morgan fingerprint density at radius 1 is 1.16 bits per heavy atom. The van der Waals surface area contributed by atoms with Gasteiger partial charge in [-0.3, -0.25) is 9.59 Å². The first-order chi connectivity index (χ1) is 11.9. The van der Waals surface area contributed by atoms with Crippen molar-refractivity contribution in [2.45, 2.75) is 19.2 Å². The Morgan fingerprint density at radius 2 is 1.84 bits per heavy atom. The van der Waals surface area contributed by atoms with E-state index in [1.54, 1.807) is 37.3 Å². The number of ether oxygens (including phenoxy) is 1. The van der Waals surface area contributed by atoms with Gasteiger partial charge in [-0.05, 0) is 43.7 Å². The molecule has 0 fully saturated rings. The fourth-order valence-corrected chi connectivity index (χ4v) is 2.67. The molecule has 0 aliphatic carbocycles. The van der Waals surface area contributed by atoms with Crippen LogP contribution in [0, 0.1) is 6.92 Å². The Kier molecular flexibility index (Phi) is 4.84. The average Bonchev–Trinajstić information content (AvgIpc) is 2.56. The van der Waals surface area contributed by atoms with E-state index in [4.69, 9.17) is 32.4 Å². The summed E-state index contributed by atoms with van der Waals surface area (Å²) in [6.07, 6.45) is 0. The van der Waals surface area contributed by atoms with Crippen LogP contribution in [0.5, 0.6) is 5.75 Å². The van der Waals surface area contributed by atoms with Gasteiger partial charge in [-0.2, -0.15) is 0 Å². The number of hydrogen-bond acceptors (Lipinski definition) is 4. The van der Waals surface area contributed by atoms with Crippen LogP contribution in [0.15, 0.2) is 51.7 Å². The number of rotatable bonds is 3. The average molecular weight is 377 g/mol. The Hall–Kier alpha value is -2.30. The second kappa shape index (κ2) is 6.90. The number of halogens is 2. The summed E-state index contributed by atoms with van der Waals surface area (Å²) in [7, 11) is 0. The highest BCUT2D eigenvalue weighted by molar-refractivity contribution is 6.30. The van der Waals surface area contributed by atoms with Crippen molar-refractivity contribution in [1.29, 1.82) is 0 Å². The Morgan fingerprint density at radius 3 is 2.48 bits per heavy atom. The minimum atomic E-state index is -0.767. The third kappa shape index (κ3) is 3.55. The van der Waals surface area contributed by atoms with Crippen molar-refractivity contribution >= 4 is 40.1 Å². The third-order valence-corrected chi connectivity index (χ3v) is 4.15. The zero-order valence-corrected chi connectivity index (χ0v) is 15.0. The lowest BCUT2D eigenvalue weighted by molar-refractivity contribution is -0.133. The van der Waals surface area contributed by atoms with Gasteiger partial charge in [0.2, 0.25) is 5.43 Å². The van der Waals surface area contributed by atoms with Gasteiger partial charge in [-0.15, -0.1) is 11.6 Å². The molecule has 0 spiro atoms. The molecule has 0 bridgehead atoms. The van der Waals surface area contributed by atoms with E-state index >= 15 is 0 Å². The lowest BCUT2D eigenvalue weighted by atomic mass is 10.0. The quantitative estimate of drug-likeness (QED) is 0.368. The lowest BCUT2D eigenvalue weighted by Gasteiger charge is -2.09. The number of fused-ring (bicyclic) bond motifs is 1. The SMILES string of the molecule is Cc1oc2cc(OC(=O)C(C)Cl)ccc2c(=O)c1-c1ccc(Cl)cc1. The van der Waals surface area contributed by atoms with Gasteiger partial charge in [0.25, 0.3) is 0 Å². The number of hydrogen-bond donors (Lipinski definition) is 0. The summed E-state index contributed by atoms with van der Waals surface area (Å²) >= 11 is 11.6. The van der Waals surface area contributed by atoms with Crippen molar-refractivity contribution in [2.75, 3.05) is 0 Å². The molecule has 2 aromatic carbocycles. The van der Waals surface area contributed by atoms with E-state index in [9.17, 15) is 9.59 Å². The highest BCUT2D eigenvalue weighted by Gasteiger charge is 2.16. The first-order valence-electron chi connectivity index (χ1n) is 7.56. The van der Waals surface area contributed by atoms with Crippen LogP contribution in [0.1, 0.15) is 12.7 Å². The molecule has 0 saturated heterocycles. The fraction of sp³-hybridized carbons (Fsp3) is 0.158. The molecule has 1 unspecified atom stereocenters. The van der Waals surface area contributed by atoms with Crippen LogP contribution < -0.4 is 10.2 Å². The molecule has 0 N–H and O–H groups in total. The standard InChI is InChI=1S/C19H14Cl2O4/c1-10(20)19(23)25-14-7-8-15-16(9-14)24-11(2)17(18(15)22)12-3-5-13(21)6-4-12/h3-10H,1-2H3. The molecule has 1 aromatic heterocycles. The smallest absolute Gasteiger partial charge is 0.329 e. The molecule has 128 valence electrons. The maximum atomic E-state index is 12.9. The first kappa shape index (κ1) is 17.5. The summed E-state index contributed by atoms with van der Waals surface area (Å²) in [4.78, 5) is 24.4. The highest BCUT2D eigenvalue weighted by Crippen LogP contribution is 2.27. The van der Waals surface area contributed by atoms with Gasteiger partial charge in [0.1, 0.15) is 22.5 Å².